The molecule has 0 aromatic rings. The number of hydrogen-bond acceptors (Lipinski definition) is 3. The highest BCUT2D eigenvalue weighted by molar-refractivity contribution is 6.08. The lowest BCUT2D eigenvalue weighted by Gasteiger charge is -2.24. The van der Waals surface area contributed by atoms with Gasteiger partial charge in [0, 0.05) is 19.1 Å². The van der Waals surface area contributed by atoms with Crippen LogP contribution in [0.2, 0.25) is 0 Å². The van der Waals surface area contributed by atoms with Crippen molar-refractivity contribution in [2.75, 3.05) is 13.1 Å². The van der Waals surface area contributed by atoms with Crippen molar-refractivity contribution in [1.82, 2.24) is 14.7 Å². The lowest BCUT2D eigenvalue weighted by Crippen LogP contribution is -2.47. The van der Waals surface area contributed by atoms with Crippen LogP contribution >= 0.6 is 0 Å². The Bertz CT molecular complexity index is 426. The van der Waals surface area contributed by atoms with E-state index >= 15 is 0 Å². The van der Waals surface area contributed by atoms with Gasteiger partial charge < -0.3 is 9.80 Å². The zero-order chi connectivity index (χ0) is 13.7. The van der Waals surface area contributed by atoms with Gasteiger partial charge in [-0.1, -0.05) is 0 Å². The van der Waals surface area contributed by atoms with E-state index in [0.29, 0.717) is 19.5 Å². The van der Waals surface area contributed by atoms with E-state index in [1.807, 2.05) is 13.8 Å². The summed E-state index contributed by atoms with van der Waals surface area (Å²) in [7, 11) is 0. The van der Waals surface area contributed by atoms with Gasteiger partial charge in [-0.25, -0.2) is 9.69 Å². The first-order valence-electron chi connectivity index (χ1n) is 6.96. The molecule has 4 amide bonds. The number of fused-ring (bicyclic) bond motifs is 1. The minimum Gasteiger partial charge on any atom is -0.338 e. The van der Waals surface area contributed by atoms with Crippen LogP contribution in [0, 0.1) is 0 Å². The van der Waals surface area contributed by atoms with Crippen molar-refractivity contribution in [2.24, 2.45) is 0 Å². The number of likely N-dealkylation sites (tertiary alicyclic amines) is 1. The fraction of sp³-hybridized carbons (Fsp3) is 0.769. The minimum absolute atomic E-state index is 0.0853. The standard InChI is InChI=1S/C13H19N3O3/c1-8(2)14-7-5-10(11(14)17)16-12(18)9-4-3-6-15(9)13(16)19/h8-10H,3-7H2,1-2H3. The Morgan fingerprint density at radius 2 is 1.74 bits per heavy atom. The quantitative estimate of drug-likeness (QED) is 0.680. The van der Waals surface area contributed by atoms with Crippen LogP contribution in [0.5, 0.6) is 0 Å². The molecule has 3 saturated heterocycles. The van der Waals surface area contributed by atoms with Crippen molar-refractivity contribution in [3.8, 4) is 0 Å². The zero-order valence-electron chi connectivity index (χ0n) is 11.3. The van der Waals surface area contributed by atoms with Crippen molar-refractivity contribution in [2.45, 2.75) is 51.2 Å². The summed E-state index contributed by atoms with van der Waals surface area (Å²) < 4.78 is 0. The van der Waals surface area contributed by atoms with Gasteiger partial charge >= 0.3 is 6.03 Å². The van der Waals surface area contributed by atoms with Crippen LogP contribution in [0.25, 0.3) is 0 Å². The summed E-state index contributed by atoms with van der Waals surface area (Å²) >= 11 is 0. The number of nitrogens with zero attached hydrogens (tertiary/aromatic N) is 3. The molecular formula is C13H19N3O3. The molecule has 0 aromatic heterocycles. The summed E-state index contributed by atoms with van der Waals surface area (Å²) in [5, 5.41) is 0. The van der Waals surface area contributed by atoms with Crippen LogP contribution in [-0.2, 0) is 9.59 Å². The Kier molecular flexibility index (Phi) is 2.76. The van der Waals surface area contributed by atoms with Gasteiger partial charge in [0.2, 0.25) is 5.91 Å². The second-order valence-corrected chi connectivity index (χ2v) is 5.77. The number of hydrogen-bond donors (Lipinski definition) is 0. The molecule has 104 valence electrons. The lowest BCUT2D eigenvalue weighted by molar-refractivity contribution is -0.139. The lowest BCUT2D eigenvalue weighted by atomic mass is 10.1. The van der Waals surface area contributed by atoms with Crippen LogP contribution in [0.1, 0.15) is 33.1 Å². The topological polar surface area (TPSA) is 60.9 Å². The van der Waals surface area contributed by atoms with Gasteiger partial charge in [-0.2, -0.15) is 0 Å². The second kappa shape index (κ2) is 4.21. The zero-order valence-corrected chi connectivity index (χ0v) is 11.3. The van der Waals surface area contributed by atoms with Crippen molar-refractivity contribution >= 4 is 17.8 Å². The van der Waals surface area contributed by atoms with Crippen molar-refractivity contribution in [3.05, 3.63) is 0 Å². The van der Waals surface area contributed by atoms with Gasteiger partial charge in [-0.15, -0.1) is 0 Å². The largest absolute Gasteiger partial charge is 0.338 e. The highest BCUT2D eigenvalue weighted by Gasteiger charge is 2.53. The summed E-state index contributed by atoms with van der Waals surface area (Å²) in [5.41, 5.74) is 0. The molecule has 0 aromatic carbocycles. The summed E-state index contributed by atoms with van der Waals surface area (Å²) in [6.45, 7) is 5.17. The second-order valence-electron chi connectivity index (χ2n) is 5.77. The molecule has 3 aliphatic rings. The van der Waals surface area contributed by atoms with Crippen LogP contribution < -0.4 is 0 Å². The third-order valence-corrected chi connectivity index (χ3v) is 4.37. The summed E-state index contributed by atoms with van der Waals surface area (Å²) in [6, 6.07) is -1.04. The van der Waals surface area contributed by atoms with Gasteiger partial charge in [0.1, 0.15) is 12.1 Å². The first-order chi connectivity index (χ1) is 9.02. The maximum absolute atomic E-state index is 12.3. The molecule has 3 heterocycles. The average molecular weight is 265 g/mol. The van der Waals surface area contributed by atoms with Gasteiger partial charge in [0.05, 0.1) is 0 Å². The molecule has 0 radical (unpaired) electrons. The molecule has 3 fully saturated rings. The highest BCUT2D eigenvalue weighted by atomic mass is 16.2. The first kappa shape index (κ1) is 12.4. The van der Waals surface area contributed by atoms with Crippen molar-refractivity contribution < 1.29 is 14.4 Å². The first-order valence-corrected chi connectivity index (χ1v) is 6.96. The third kappa shape index (κ3) is 1.65. The number of imide groups is 1. The fourth-order valence-corrected chi connectivity index (χ4v) is 3.37. The molecule has 2 atom stereocenters. The molecule has 2 unspecified atom stereocenters. The summed E-state index contributed by atoms with van der Waals surface area (Å²) in [5.74, 6) is -0.260. The molecule has 0 bridgehead atoms. The minimum atomic E-state index is -0.576. The van der Waals surface area contributed by atoms with E-state index in [9.17, 15) is 14.4 Å². The molecule has 0 saturated carbocycles. The molecule has 19 heavy (non-hydrogen) atoms. The Morgan fingerprint density at radius 1 is 1.00 bits per heavy atom. The normalized spacial score (nSPS) is 31.1. The van der Waals surface area contributed by atoms with Gasteiger partial charge in [-0.3, -0.25) is 9.59 Å². The highest BCUT2D eigenvalue weighted by Crippen LogP contribution is 2.31. The SMILES string of the molecule is CC(C)N1CCC(N2C(=O)C3CCCN3C2=O)C1=O. The van der Waals surface area contributed by atoms with Gasteiger partial charge in [0.25, 0.3) is 5.91 Å². The predicted molar refractivity (Wildman–Crippen MR) is 67.2 cm³/mol. The molecule has 0 spiro atoms. The summed E-state index contributed by atoms with van der Waals surface area (Å²) in [4.78, 5) is 41.5. The van der Waals surface area contributed by atoms with E-state index in [1.165, 1.54) is 4.90 Å². The Labute approximate surface area is 112 Å². The van der Waals surface area contributed by atoms with E-state index in [1.54, 1.807) is 9.80 Å². The van der Waals surface area contributed by atoms with Crippen LogP contribution in [0.3, 0.4) is 0 Å². The van der Waals surface area contributed by atoms with E-state index in [2.05, 4.69) is 0 Å². The molecular weight excluding hydrogens is 246 g/mol. The Balaban J connectivity index is 1.82. The molecule has 6 nitrogen and oxygen atoms in total. The van der Waals surface area contributed by atoms with E-state index in [0.717, 1.165) is 12.8 Å². The maximum Gasteiger partial charge on any atom is 0.328 e. The number of amides is 4. The van der Waals surface area contributed by atoms with Crippen LogP contribution in [0.4, 0.5) is 4.79 Å². The van der Waals surface area contributed by atoms with Crippen molar-refractivity contribution in [3.63, 3.8) is 0 Å². The van der Waals surface area contributed by atoms with Crippen LogP contribution in [-0.4, -0.2) is 63.8 Å². The maximum atomic E-state index is 12.3. The van der Waals surface area contributed by atoms with Gasteiger partial charge in [-0.05, 0) is 33.1 Å². The number of urea groups is 1. The fourth-order valence-electron chi connectivity index (χ4n) is 3.37. The van der Waals surface area contributed by atoms with Crippen LogP contribution in [0.15, 0.2) is 0 Å². The number of rotatable bonds is 2. The third-order valence-electron chi connectivity index (χ3n) is 4.37. The molecule has 0 aliphatic carbocycles. The Hall–Kier alpha value is -1.59. The summed E-state index contributed by atoms with van der Waals surface area (Å²) in [6.07, 6.45) is 2.18. The molecule has 3 aliphatic heterocycles. The van der Waals surface area contributed by atoms with E-state index in [4.69, 9.17) is 0 Å². The van der Waals surface area contributed by atoms with Crippen molar-refractivity contribution in [1.29, 1.82) is 0 Å². The van der Waals surface area contributed by atoms with E-state index in [-0.39, 0.29) is 29.9 Å². The molecule has 6 heteroatoms. The number of carbonyl (C=O) groups is 3. The smallest absolute Gasteiger partial charge is 0.328 e. The molecule has 0 N–H and O–H groups in total. The predicted octanol–water partition coefficient (Wildman–Crippen LogP) is 0.422. The monoisotopic (exact) mass is 265 g/mol. The van der Waals surface area contributed by atoms with Gasteiger partial charge in [0.15, 0.2) is 0 Å². The molecule has 3 rings (SSSR count). The van der Waals surface area contributed by atoms with E-state index < -0.39 is 6.04 Å². The average Bonchev–Trinajstić information content (AvgIpc) is 3.00. The Morgan fingerprint density at radius 3 is 2.32 bits per heavy atom. The number of carbonyl (C=O) groups excluding carboxylic acids is 3.